The highest BCUT2D eigenvalue weighted by Crippen LogP contribution is 1.90. The predicted octanol–water partition coefficient (Wildman–Crippen LogP) is -0.925. The lowest BCUT2D eigenvalue weighted by atomic mass is 10.5. The van der Waals surface area contributed by atoms with E-state index in [4.69, 9.17) is 4.55 Å². The fraction of sp³-hybridized carbons (Fsp3) is 1.00. The first-order chi connectivity index (χ1) is 4.92. The molecule has 0 aliphatic heterocycles. The quantitative estimate of drug-likeness (QED) is 0.352. The summed E-state index contributed by atoms with van der Waals surface area (Å²) in [6.45, 7) is -0.240. The third-order valence-electron chi connectivity index (χ3n) is 0.726. The average Bonchev–Trinajstić information content (AvgIpc) is 1.78. The molecule has 0 saturated carbocycles. The molecule has 11 heavy (non-hydrogen) atoms. The van der Waals surface area contributed by atoms with E-state index in [0.29, 0.717) is 0 Å². The van der Waals surface area contributed by atoms with Crippen LogP contribution < -0.4 is 0 Å². The van der Waals surface area contributed by atoms with Crippen LogP contribution in [0.2, 0.25) is 0 Å². The highest BCUT2D eigenvalue weighted by molar-refractivity contribution is 7.85. The topological polar surface area (TPSA) is 104 Å². The van der Waals surface area contributed by atoms with E-state index in [-0.39, 0.29) is 13.0 Å². The molecular formula is C3H7O6S2-. The normalized spacial score (nSPS) is 14.7. The first-order valence-electron chi connectivity index (χ1n) is 2.59. The summed E-state index contributed by atoms with van der Waals surface area (Å²) < 4.78 is 51.5. The van der Waals surface area contributed by atoms with Crippen molar-refractivity contribution < 1.29 is 25.9 Å². The van der Waals surface area contributed by atoms with Crippen LogP contribution in [0.25, 0.3) is 0 Å². The zero-order valence-corrected chi connectivity index (χ0v) is 7.06. The van der Waals surface area contributed by atoms with E-state index >= 15 is 0 Å². The lowest BCUT2D eigenvalue weighted by molar-refractivity contribution is 0.299. The summed E-state index contributed by atoms with van der Waals surface area (Å²) in [7, 11) is -4.00. The molecule has 8 heteroatoms. The van der Waals surface area contributed by atoms with Crippen LogP contribution in [0.1, 0.15) is 6.42 Å². The van der Waals surface area contributed by atoms with Gasteiger partial charge in [0.25, 0.3) is 10.1 Å². The number of hydrogen-bond donors (Lipinski definition) is 1. The largest absolute Gasteiger partial charge is 0.750 e. The molecule has 1 N–H and O–H groups in total. The molecule has 68 valence electrons. The van der Waals surface area contributed by atoms with Crippen LogP contribution in [0.3, 0.4) is 0 Å². The van der Waals surface area contributed by atoms with Gasteiger partial charge in [-0.2, -0.15) is 8.42 Å². The molecule has 0 aromatic heterocycles. The maximum atomic E-state index is 10.0. The molecule has 0 aromatic rings. The molecule has 1 unspecified atom stereocenters. The van der Waals surface area contributed by atoms with Gasteiger partial charge in [-0.15, -0.1) is 0 Å². The van der Waals surface area contributed by atoms with Crippen molar-refractivity contribution in [3.63, 3.8) is 0 Å². The minimum atomic E-state index is -4.00. The van der Waals surface area contributed by atoms with Crippen LogP contribution in [0.5, 0.6) is 0 Å². The van der Waals surface area contributed by atoms with Crippen LogP contribution in [-0.2, 0) is 25.7 Å². The maximum Gasteiger partial charge on any atom is 0.264 e. The molecule has 1 atom stereocenters. The smallest absolute Gasteiger partial charge is 0.264 e. The Bertz CT molecular complexity index is 218. The van der Waals surface area contributed by atoms with E-state index in [1.807, 2.05) is 0 Å². The molecule has 0 heterocycles. The first kappa shape index (κ1) is 11.0. The van der Waals surface area contributed by atoms with Crippen molar-refractivity contribution in [2.75, 3.05) is 12.4 Å². The summed E-state index contributed by atoms with van der Waals surface area (Å²) >= 11 is -2.62. The van der Waals surface area contributed by atoms with Gasteiger partial charge in [0, 0.05) is 0 Å². The van der Waals surface area contributed by atoms with Gasteiger partial charge in [-0.1, -0.05) is 0 Å². The van der Waals surface area contributed by atoms with E-state index in [0.717, 1.165) is 0 Å². The van der Waals surface area contributed by atoms with E-state index in [2.05, 4.69) is 4.18 Å². The molecule has 0 rings (SSSR count). The molecule has 0 aromatic carbocycles. The number of hydrogen-bond acceptors (Lipinski definition) is 5. The van der Waals surface area contributed by atoms with Crippen molar-refractivity contribution in [2.24, 2.45) is 0 Å². The Morgan fingerprint density at radius 1 is 1.55 bits per heavy atom. The second-order valence-electron chi connectivity index (χ2n) is 1.67. The summed E-state index contributed by atoms with van der Waals surface area (Å²) in [5.41, 5.74) is 0. The SMILES string of the molecule is O=S([O-])OCCCS(=O)(=O)O. The average molecular weight is 203 g/mol. The highest BCUT2D eigenvalue weighted by Gasteiger charge is 2.02. The fourth-order valence-corrected chi connectivity index (χ4v) is 1.10. The van der Waals surface area contributed by atoms with E-state index in [1.54, 1.807) is 0 Å². The predicted molar refractivity (Wildman–Crippen MR) is 35.9 cm³/mol. The second kappa shape index (κ2) is 4.78. The summed E-state index contributed by atoms with van der Waals surface area (Å²) in [5, 5.41) is 0. The van der Waals surface area contributed by atoms with Crippen molar-refractivity contribution >= 4 is 21.5 Å². The summed E-state index contributed by atoms with van der Waals surface area (Å²) in [4.78, 5) is 0. The summed E-state index contributed by atoms with van der Waals surface area (Å²) in [5.74, 6) is -0.496. The molecule has 0 spiro atoms. The van der Waals surface area contributed by atoms with Crippen LogP contribution in [0, 0.1) is 0 Å². The van der Waals surface area contributed by atoms with Gasteiger partial charge in [-0.25, -0.2) is 4.21 Å². The zero-order valence-electron chi connectivity index (χ0n) is 5.43. The van der Waals surface area contributed by atoms with Crippen molar-refractivity contribution in [1.29, 1.82) is 0 Å². The summed E-state index contributed by atoms with van der Waals surface area (Å²) in [6, 6.07) is 0. The van der Waals surface area contributed by atoms with Crippen LogP contribution in [0.4, 0.5) is 0 Å². The van der Waals surface area contributed by atoms with Gasteiger partial charge >= 0.3 is 0 Å². The Kier molecular flexibility index (Phi) is 4.77. The third-order valence-corrected chi connectivity index (χ3v) is 1.89. The zero-order chi connectivity index (χ0) is 8.91. The van der Waals surface area contributed by atoms with Gasteiger partial charge in [0.2, 0.25) is 0 Å². The van der Waals surface area contributed by atoms with Gasteiger partial charge in [-0.05, 0) is 6.42 Å². The Labute approximate surface area is 66.8 Å². The van der Waals surface area contributed by atoms with Gasteiger partial charge in [0.15, 0.2) is 0 Å². The second-order valence-corrected chi connectivity index (χ2v) is 3.88. The van der Waals surface area contributed by atoms with Gasteiger partial charge in [0.1, 0.15) is 0 Å². The van der Waals surface area contributed by atoms with E-state index in [1.165, 1.54) is 0 Å². The lowest BCUT2D eigenvalue weighted by Crippen LogP contribution is -2.07. The minimum absolute atomic E-state index is 0.0488. The van der Waals surface area contributed by atoms with Crippen molar-refractivity contribution in [3.8, 4) is 0 Å². The molecule has 6 nitrogen and oxygen atoms in total. The van der Waals surface area contributed by atoms with Crippen LogP contribution in [0.15, 0.2) is 0 Å². The highest BCUT2D eigenvalue weighted by atomic mass is 32.2. The summed E-state index contributed by atoms with van der Waals surface area (Å²) in [6.07, 6.45) is -0.0488. The molecule has 0 aliphatic carbocycles. The molecular weight excluding hydrogens is 196 g/mol. The van der Waals surface area contributed by atoms with Crippen LogP contribution in [-0.4, -0.2) is 34.1 Å². The van der Waals surface area contributed by atoms with Crippen molar-refractivity contribution in [2.45, 2.75) is 6.42 Å². The van der Waals surface area contributed by atoms with Crippen molar-refractivity contribution in [3.05, 3.63) is 0 Å². The molecule has 0 bridgehead atoms. The maximum absolute atomic E-state index is 10.0. The fourth-order valence-electron chi connectivity index (χ4n) is 0.368. The molecule has 0 aliphatic rings. The van der Waals surface area contributed by atoms with Crippen LogP contribution >= 0.6 is 0 Å². The van der Waals surface area contributed by atoms with Crippen molar-refractivity contribution in [1.82, 2.24) is 0 Å². The number of rotatable bonds is 5. The van der Waals surface area contributed by atoms with Gasteiger partial charge in [0.05, 0.1) is 23.7 Å². The Morgan fingerprint density at radius 3 is 2.45 bits per heavy atom. The minimum Gasteiger partial charge on any atom is -0.750 e. The van der Waals surface area contributed by atoms with E-state index < -0.39 is 27.2 Å². The third kappa shape index (κ3) is 9.98. The lowest BCUT2D eigenvalue weighted by Gasteiger charge is -2.03. The Morgan fingerprint density at radius 2 is 2.09 bits per heavy atom. The molecule has 0 saturated heterocycles. The monoisotopic (exact) mass is 203 g/mol. The van der Waals surface area contributed by atoms with Gasteiger partial charge in [-0.3, -0.25) is 4.55 Å². The Hall–Kier alpha value is -0.0200. The molecule has 0 fully saturated rings. The van der Waals surface area contributed by atoms with Gasteiger partial charge < -0.3 is 8.74 Å². The first-order valence-corrected chi connectivity index (χ1v) is 5.20. The molecule has 0 amide bonds. The molecule has 0 radical (unpaired) electrons. The van der Waals surface area contributed by atoms with E-state index in [9.17, 15) is 17.2 Å². The standard InChI is InChI=1S/C3H8O6S2/c4-10(5)9-2-1-3-11(6,7)8/h1-3H2,(H,4,5)(H,6,7,8)/p-1. The Balaban J connectivity index is 3.37.